The lowest BCUT2D eigenvalue weighted by molar-refractivity contribution is 0.451. The number of hydrogen-bond donors (Lipinski definition) is 0. The largest absolute Gasteiger partial charge is 0.0727 e. The Bertz CT molecular complexity index is 527. The van der Waals surface area contributed by atoms with E-state index in [2.05, 4.69) is 26.0 Å². The molecule has 0 fully saturated rings. The van der Waals surface area contributed by atoms with Crippen LogP contribution in [-0.2, 0) is 0 Å². The molecule has 0 bridgehead atoms. The lowest BCUT2D eigenvalue weighted by Gasteiger charge is -2.23. The molecule has 4 rings (SSSR count). The van der Waals surface area contributed by atoms with E-state index < -0.39 is 0 Å². The van der Waals surface area contributed by atoms with E-state index in [4.69, 9.17) is 0 Å². The van der Waals surface area contributed by atoms with Crippen LogP contribution in [0, 0.1) is 11.8 Å². The molecule has 2 unspecified atom stereocenters. The molecule has 0 amide bonds. The van der Waals surface area contributed by atoms with Gasteiger partial charge in [0.15, 0.2) is 0 Å². The maximum absolute atomic E-state index is 2.54. The van der Waals surface area contributed by atoms with E-state index in [0.29, 0.717) is 0 Å². The summed E-state index contributed by atoms with van der Waals surface area (Å²) in [6.07, 6.45) is 17.5. The zero-order valence-electron chi connectivity index (χ0n) is 13.7. The van der Waals surface area contributed by atoms with Gasteiger partial charge in [-0.3, -0.25) is 0 Å². The Hall–Kier alpha value is -1.04. The lowest BCUT2D eigenvalue weighted by Crippen LogP contribution is -2.09. The zero-order valence-corrected chi connectivity index (χ0v) is 13.7. The van der Waals surface area contributed by atoms with Gasteiger partial charge in [0, 0.05) is 0 Å². The van der Waals surface area contributed by atoms with Crippen molar-refractivity contribution in [1.29, 1.82) is 0 Å². The molecule has 0 radical (unpaired) electrons. The molecule has 0 saturated heterocycles. The van der Waals surface area contributed by atoms with Crippen LogP contribution in [-0.4, -0.2) is 0 Å². The third-order valence-electron chi connectivity index (χ3n) is 6.30. The monoisotopic (exact) mass is 280 g/mol. The standard InChI is InChI=1S/C21H28/c1-14-3-5-16-7-9-18(20(16)11-14)13-19-10-8-17-6-4-15(2)12-21(17)19/h11-12,18-19H,3-10,13H2,1-2H3. The van der Waals surface area contributed by atoms with Crippen molar-refractivity contribution in [3.63, 3.8) is 0 Å². The van der Waals surface area contributed by atoms with Gasteiger partial charge in [0.25, 0.3) is 0 Å². The topological polar surface area (TPSA) is 0 Å². The summed E-state index contributed by atoms with van der Waals surface area (Å²) in [4.78, 5) is 0. The van der Waals surface area contributed by atoms with Crippen LogP contribution in [0.2, 0.25) is 0 Å². The molecule has 0 heteroatoms. The fourth-order valence-corrected chi connectivity index (χ4v) is 5.06. The summed E-state index contributed by atoms with van der Waals surface area (Å²) in [6.45, 7) is 4.64. The molecular weight excluding hydrogens is 252 g/mol. The Kier molecular flexibility index (Phi) is 3.44. The smallest absolute Gasteiger partial charge is 0.0154 e. The normalized spacial score (nSPS) is 32.1. The summed E-state index contributed by atoms with van der Waals surface area (Å²) in [5, 5.41) is 0. The van der Waals surface area contributed by atoms with Gasteiger partial charge in [-0.05, 0) is 94.6 Å². The van der Waals surface area contributed by atoms with Gasteiger partial charge >= 0.3 is 0 Å². The molecule has 4 aliphatic carbocycles. The second kappa shape index (κ2) is 5.30. The van der Waals surface area contributed by atoms with Crippen molar-refractivity contribution in [2.45, 2.75) is 71.6 Å². The highest BCUT2D eigenvalue weighted by molar-refractivity contribution is 5.41. The Labute approximate surface area is 129 Å². The molecule has 2 atom stereocenters. The van der Waals surface area contributed by atoms with E-state index >= 15 is 0 Å². The Morgan fingerprint density at radius 1 is 0.714 bits per heavy atom. The highest BCUT2D eigenvalue weighted by Gasteiger charge is 2.32. The van der Waals surface area contributed by atoms with Crippen LogP contribution in [0.4, 0.5) is 0 Å². The second-order valence-corrected chi connectivity index (χ2v) is 7.81. The average molecular weight is 280 g/mol. The average Bonchev–Trinajstić information content (AvgIpc) is 3.04. The molecule has 0 aromatic rings. The van der Waals surface area contributed by atoms with Crippen molar-refractivity contribution in [2.24, 2.45) is 11.8 Å². The van der Waals surface area contributed by atoms with Gasteiger partial charge in [-0.1, -0.05) is 34.4 Å². The zero-order chi connectivity index (χ0) is 14.4. The fraction of sp³-hybridized carbons (Fsp3) is 0.619. The second-order valence-electron chi connectivity index (χ2n) is 7.81. The Morgan fingerprint density at radius 3 is 1.67 bits per heavy atom. The first-order valence-electron chi connectivity index (χ1n) is 8.99. The summed E-state index contributed by atoms with van der Waals surface area (Å²) < 4.78 is 0. The van der Waals surface area contributed by atoms with Gasteiger partial charge in [0.05, 0.1) is 0 Å². The first-order chi connectivity index (χ1) is 10.2. The Balaban J connectivity index is 1.53. The maximum atomic E-state index is 2.54. The highest BCUT2D eigenvalue weighted by atomic mass is 14.4. The third kappa shape index (κ3) is 2.47. The van der Waals surface area contributed by atoms with E-state index in [1.807, 2.05) is 0 Å². The fourth-order valence-electron chi connectivity index (χ4n) is 5.06. The van der Waals surface area contributed by atoms with Gasteiger partial charge < -0.3 is 0 Å². The van der Waals surface area contributed by atoms with Gasteiger partial charge in [0.1, 0.15) is 0 Å². The summed E-state index contributed by atoms with van der Waals surface area (Å²) in [5.74, 6) is 1.73. The molecule has 0 aromatic heterocycles. The van der Waals surface area contributed by atoms with Crippen molar-refractivity contribution in [3.05, 3.63) is 45.6 Å². The highest BCUT2D eigenvalue weighted by Crippen LogP contribution is 2.47. The molecule has 4 aliphatic rings. The van der Waals surface area contributed by atoms with Crippen LogP contribution in [0.1, 0.15) is 71.6 Å². The van der Waals surface area contributed by atoms with Crippen molar-refractivity contribution in [2.75, 3.05) is 0 Å². The Morgan fingerprint density at radius 2 is 1.19 bits per heavy atom. The first-order valence-corrected chi connectivity index (χ1v) is 8.99. The van der Waals surface area contributed by atoms with E-state index in [9.17, 15) is 0 Å². The van der Waals surface area contributed by atoms with E-state index in [0.717, 1.165) is 11.8 Å². The van der Waals surface area contributed by atoms with Crippen LogP contribution in [0.15, 0.2) is 45.6 Å². The van der Waals surface area contributed by atoms with Crippen LogP contribution < -0.4 is 0 Å². The van der Waals surface area contributed by atoms with Crippen LogP contribution in [0.3, 0.4) is 0 Å². The summed E-state index contributed by atoms with van der Waals surface area (Å²) in [7, 11) is 0. The van der Waals surface area contributed by atoms with Crippen LogP contribution in [0.25, 0.3) is 0 Å². The molecular formula is C21H28. The van der Waals surface area contributed by atoms with Gasteiger partial charge in [-0.15, -0.1) is 0 Å². The van der Waals surface area contributed by atoms with Crippen LogP contribution >= 0.6 is 0 Å². The summed E-state index contributed by atoms with van der Waals surface area (Å²) >= 11 is 0. The molecule has 0 aromatic carbocycles. The van der Waals surface area contributed by atoms with Crippen LogP contribution in [0.5, 0.6) is 0 Å². The minimum absolute atomic E-state index is 0.864. The summed E-state index contributed by atoms with van der Waals surface area (Å²) in [5.41, 5.74) is 10.3. The van der Waals surface area contributed by atoms with E-state index in [-0.39, 0.29) is 0 Å². The van der Waals surface area contributed by atoms with Crippen molar-refractivity contribution in [3.8, 4) is 0 Å². The molecule has 0 heterocycles. The van der Waals surface area contributed by atoms with Crippen molar-refractivity contribution >= 4 is 0 Å². The van der Waals surface area contributed by atoms with E-state index in [1.165, 1.54) is 57.8 Å². The minimum atomic E-state index is 0.864. The maximum Gasteiger partial charge on any atom is -0.0154 e. The molecule has 0 saturated carbocycles. The molecule has 21 heavy (non-hydrogen) atoms. The quantitative estimate of drug-likeness (QED) is 0.559. The number of allylic oxidation sites excluding steroid dienone is 8. The summed E-state index contributed by atoms with van der Waals surface area (Å²) in [6, 6.07) is 0. The molecule has 0 aliphatic heterocycles. The van der Waals surface area contributed by atoms with Gasteiger partial charge in [-0.2, -0.15) is 0 Å². The lowest BCUT2D eigenvalue weighted by atomic mass is 9.82. The molecule has 0 spiro atoms. The molecule has 0 N–H and O–H groups in total. The predicted octanol–water partition coefficient (Wildman–Crippen LogP) is 6.27. The SMILES string of the molecule is CC1=CC2=C(CC1)CCC2CC1CCC2=C1C=C(C)CC2. The predicted molar refractivity (Wildman–Crippen MR) is 90.1 cm³/mol. The van der Waals surface area contributed by atoms with Gasteiger partial charge in [0.2, 0.25) is 0 Å². The molecule has 112 valence electrons. The van der Waals surface area contributed by atoms with Crippen molar-refractivity contribution < 1.29 is 0 Å². The molecule has 0 nitrogen and oxygen atoms in total. The minimum Gasteiger partial charge on any atom is -0.0727 e. The first kappa shape index (κ1) is 13.6. The number of hydrogen-bond acceptors (Lipinski definition) is 0. The van der Waals surface area contributed by atoms with Crippen molar-refractivity contribution in [1.82, 2.24) is 0 Å². The number of rotatable bonds is 2. The third-order valence-corrected chi connectivity index (χ3v) is 6.30. The van der Waals surface area contributed by atoms with Gasteiger partial charge in [-0.25, -0.2) is 0 Å². The van der Waals surface area contributed by atoms with E-state index in [1.54, 1.807) is 33.4 Å².